The van der Waals surface area contributed by atoms with Crippen molar-refractivity contribution in [2.45, 2.75) is 39.5 Å². The Morgan fingerprint density at radius 1 is 1.11 bits per heavy atom. The van der Waals surface area contributed by atoms with Gasteiger partial charge in [-0.05, 0) is 35.6 Å². The number of hydrogen-bond donors (Lipinski definition) is 0. The van der Waals surface area contributed by atoms with Crippen molar-refractivity contribution in [1.29, 1.82) is 0 Å². The summed E-state index contributed by atoms with van der Waals surface area (Å²) in [7, 11) is 0. The van der Waals surface area contributed by atoms with Gasteiger partial charge in [-0.25, -0.2) is 0 Å². The molecule has 1 aromatic rings. The van der Waals surface area contributed by atoms with E-state index in [2.05, 4.69) is 76.3 Å². The minimum Gasteiger partial charge on any atom is -0.0870 e. The molecule has 1 aliphatic carbocycles. The molecule has 1 aliphatic rings. The molecule has 0 N–H and O–H groups in total. The van der Waals surface area contributed by atoms with E-state index >= 15 is 0 Å². The molecule has 0 unspecified atom stereocenters. The zero-order valence-corrected chi connectivity index (χ0v) is 11.8. The third-order valence-corrected chi connectivity index (χ3v) is 3.71. The smallest absolute Gasteiger partial charge is 0.0158 e. The molecule has 0 radical (unpaired) electrons. The predicted octanol–water partition coefficient (Wildman–Crippen LogP) is 5.27. The maximum absolute atomic E-state index is 2.32. The fraction of sp³-hybridized carbons (Fsp3) is 0.333. The van der Waals surface area contributed by atoms with Crippen LogP contribution < -0.4 is 0 Å². The van der Waals surface area contributed by atoms with Crippen molar-refractivity contribution in [3.05, 3.63) is 65.3 Å². The molecule has 0 aliphatic heterocycles. The first kappa shape index (κ1) is 12.9. The predicted molar refractivity (Wildman–Crippen MR) is 80.6 cm³/mol. The lowest BCUT2D eigenvalue weighted by atomic mass is 9.81. The zero-order valence-electron chi connectivity index (χ0n) is 11.8. The van der Waals surface area contributed by atoms with Crippen molar-refractivity contribution < 1.29 is 0 Å². The van der Waals surface area contributed by atoms with Crippen molar-refractivity contribution in [2.24, 2.45) is 0 Å². The lowest BCUT2D eigenvalue weighted by Crippen LogP contribution is -2.15. The highest BCUT2D eigenvalue weighted by Crippen LogP contribution is 2.47. The Morgan fingerprint density at radius 3 is 2.50 bits per heavy atom. The van der Waals surface area contributed by atoms with Crippen LogP contribution in [0.25, 0.3) is 5.57 Å². The number of benzene rings is 1. The summed E-state index contributed by atoms with van der Waals surface area (Å²) >= 11 is 0. The molecule has 94 valence electrons. The number of allylic oxidation sites excluding steroid dienone is 6. The van der Waals surface area contributed by atoms with Crippen LogP contribution in [0.3, 0.4) is 0 Å². The van der Waals surface area contributed by atoms with Gasteiger partial charge < -0.3 is 0 Å². The first-order valence-corrected chi connectivity index (χ1v) is 6.76. The first-order chi connectivity index (χ1) is 8.62. The van der Waals surface area contributed by atoms with Gasteiger partial charge in [0.15, 0.2) is 0 Å². The summed E-state index contributed by atoms with van der Waals surface area (Å²) in [6.07, 6.45) is 10.0. The Balaban J connectivity index is 2.66. The van der Waals surface area contributed by atoms with E-state index in [1.165, 1.54) is 22.3 Å². The van der Waals surface area contributed by atoms with Gasteiger partial charge in [-0.1, -0.05) is 69.3 Å². The van der Waals surface area contributed by atoms with Crippen LogP contribution in [-0.4, -0.2) is 0 Å². The van der Waals surface area contributed by atoms with Crippen LogP contribution in [0.4, 0.5) is 0 Å². The average Bonchev–Trinajstić information content (AvgIpc) is 2.57. The van der Waals surface area contributed by atoms with Gasteiger partial charge >= 0.3 is 0 Å². The van der Waals surface area contributed by atoms with Crippen LogP contribution in [0.1, 0.15) is 45.2 Å². The lowest BCUT2D eigenvalue weighted by Gasteiger charge is -2.22. The minimum atomic E-state index is 0.108. The molecule has 1 aromatic carbocycles. The van der Waals surface area contributed by atoms with E-state index in [0.29, 0.717) is 0 Å². The number of hydrogen-bond acceptors (Lipinski definition) is 0. The summed E-state index contributed by atoms with van der Waals surface area (Å²) < 4.78 is 0. The molecule has 0 aromatic heterocycles. The van der Waals surface area contributed by atoms with Crippen molar-refractivity contribution in [3.63, 3.8) is 0 Å². The maximum Gasteiger partial charge on any atom is 0.0158 e. The standard InChI is InChI=1S/C18H22/c1-5-7-12-16-14(10-6-2)15-11-8-9-13-17(15)18(16,3)4/h6-13H,5H2,1-4H3/b10-6-,12-7+. The van der Waals surface area contributed by atoms with Gasteiger partial charge in [0.1, 0.15) is 0 Å². The second-order valence-corrected chi connectivity index (χ2v) is 5.31. The van der Waals surface area contributed by atoms with Gasteiger partial charge in [0.25, 0.3) is 0 Å². The fourth-order valence-electron chi connectivity index (χ4n) is 2.77. The minimum absolute atomic E-state index is 0.108. The molecule has 0 fully saturated rings. The van der Waals surface area contributed by atoms with Crippen molar-refractivity contribution >= 4 is 5.57 Å². The molecule has 18 heavy (non-hydrogen) atoms. The average molecular weight is 238 g/mol. The molecule has 0 nitrogen and oxygen atoms in total. The Hall–Kier alpha value is -1.56. The zero-order chi connectivity index (χ0) is 13.2. The largest absolute Gasteiger partial charge is 0.0870 e. The lowest BCUT2D eigenvalue weighted by molar-refractivity contribution is 0.654. The van der Waals surface area contributed by atoms with Crippen molar-refractivity contribution in [1.82, 2.24) is 0 Å². The summed E-state index contributed by atoms with van der Waals surface area (Å²) in [6.45, 7) is 8.90. The molecule has 0 spiro atoms. The Bertz CT molecular complexity index is 525. The number of rotatable bonds is 3. The molecule has 0 heteroatoms. The van der Waals surface area contributed by atoms with Crippen molar-refractivity contribution in [2.75, 3.05) is 0 Å². The molecule has 2 rings (SSSR count). The van der Waals surface area contributed by atoms with Crippen molar-refractivity contribution in [3.8, 4) is 0 Å². The SMILES string of the molecule is C/C=C\C1=C(/C=C/CC)C(C)(C)c2ccccc21. The molecule has 0 saturated carbocycles. The Labute approximate surface area is 111 Å². The van der Waals surface area contributed by atoms with Gasteiger partial charge in [-0.15, -0.1) is 0 Å². The summed E-state index contributed by atoms with van der Waals surface area (Å²) in [5.74, 6) is 0. The highest BCUT2D eigenvalue weighted by Gasteiger charge is 2.34. The fourth-order valence-corrected chi connectivity index (χ4v) is 2.77. The van der Waals surface area contributed by atoms with Gasteiger partial charge in [0, 0.05) is 5.41 Å². The highest BCUT2D eigenvalue weighted by molar-refractivity contribution is 5.87. The molecular weight excluding hydrogens is 216 g/mol. The van der Waals surface area contributed by atoms with Gasteiger partial charge in [-0.3, -0.25) is 0 Å². The highest BCUT2D eigenvalue weighted by atomic mass is 14.4. The molecule has 0 amide bonds. The van der Waals surface area contributed by atoms with E-state index < -0.39 is 0 Å². The van der Waals surface area contributed by atoms with E-state index in [0.717, 1.165) is 6.42 Å². The van der Waals surface area contributed by atoms with E-state index in [9.17, 15) is 0 Å². The van der Waals surface area contributed by atoms with Crippen LogP contribution in [0.5, 0.6) is 0 Å². The summed E-state index contributed by atoms with van der Waals surface area (Å²) in [6, 6.07) is 8.76. The third kappa shape index (κ3) is 1.96. The van der Waals surface area contributed by atoms with E-state index in [-0.39, 0.29) is 5.41 Å². The normalized spacial score (nSPS) is 18.0. The van der Waals surface area contributed by atoms with E-state index in [1.54, 1.807) is 0 Å². The summed E-state index contributed by atoms with van der Waals surface area (Å²) in [5, 5.41) is 0. The molecule has 0 saturated heterocycles. The summed E-state index contributed by atoms with van der Waals surface area (Å²) in [4.78, 5) is 0. The maximum atomic E-state index is 2.32. The second-order valence-electron chi connectivity index (χ2n) is 5.31. The first-order valence-electron chi connectivity index (χ1n) is 6.76. The summed E-state index contributed by atoms with van der Waals surface area (Å²) in [5.41, 5.74) is 5.74. The van der Waals surface area contributed by atoms with E-state index in [1.807, 2.05) is 0 Å². The van der Waals surface area contributed by atoms with E-state index in [4.69, 9.17) is 0 Å². The Kier molecular flexibility index (Phi) is 3.56. The molecule has 0 heterocycles. The van der Waals surface area contributed by atoms with Gasteiger partial charge in [0.2, 0.25) is 0 Å². The quantitative estimate of drug-likeness (QED) is 0.672. The topological polar surface area (TPSA) is 0 Å². The molecule has 0 atom stereocenters. The second kappa shape index (κ2) is 4.97. The van der Waals surface area contributed by atoms with Crippen LogP contribution in [0.2, 0.25) is 0 Å². The molecular formula is C18H22. The Morgan fingerprint density at radius 2 is 1.83 bits per heavy atom. The van der Waals surface area contributed by atoms with Crippen LogP contribution in [-0.2, 0) is 5.41 Å². The van der Waals surface area contributed by atoms with Crippen LogP contribution in [0.15, 0.2) is 54.1 Å². The number of fused-ring (bicyclic) bond motifs is 1. The van der Waals surface area contributed by atoms with Gasteiger partial charge in [0.05, 0.1) is 0 Å². The molecule has 0 bridgehead atoms. The van der Waals surface area contributed by atoms with Crippen LogP contribution >= 0.6 is 0 Å². The van der Waals surface area contributed by atoms with Gasteiger partial charge in [-0.2, -0.15) is 0 Å². The monoisotopic (exact) mass is 238 g/mol. The van der Waals surface area contributed by atoms with Crippen LogP contribution in [0, 0.1) is 0 Å². The third-order valence-electron chi connectivity index (χ3n) is 3.71.